The van der Waals surface area contributed by atoms with Gasteiger partial charge in [0.15, 0.2) is 0 Å². The highest BCUT2D eigenvalue weighted by Gasteiger charge is 2.29. The van der Waals surface area contributed by atoms with Crippen LogP contribution in [0.1, 0.15) is 28.8 Å². The number of hydrogen-bond donors (Lipinski definition) is 1. The van der Waals surface area contributed by atoms with Crippen molar-refractivity contribution in [2.24, 2.45) is 5.73 Å². The minimum absolute atomic E-state index is 0.299. The van der Waals surface area contributed by atoms with E-state index >= 15 is 0 Å². The van der Waals surface area contributed by atoms with Crippen molar-refractivity contribution in [1.29, 1.82) is 0 Å². The Morgan fingerprint density at radius 3 is 2.90 bits per heavy atom. The molecule has 4 heteroatoms. The largest absolute Gasteiger partial charge is 0.371 e. The van der Waals surface area contributed by atoms with Crippen molar-refractivity contribution >= 4 is 15.9 Å². The number of ether oxygens (including phenoxy) is 1. The highest BCUT2D eigenvalue weighted by Crippen LogP contribution is 2.36. The molecule has 20 heavy (non-hydrogen) atoms. The Labute approximate surface area is 125 Å². The van der Waals surface area contributed by atoms with Gasteiger partial charge in [0, 0.05) is 10.0 Å². The lowest BCUT2D eigenvalue weighted by molar-refractivity contribution is 0.0233. The molecule has 0 saturated carbocycles. The van der Waals surface area contributed by atoms with Gasteiger partial charge in [-0.15, -0.1) is 0 Å². The van der Waals surface area contributed by atoms with Crippen LogP contribution in [0, 0.1) is 5.82 Å². The number of halogens is 2. The van der Waals surface area contributed by atoms with E-state index in [-0.39, 0.29) is 11.9 Å². The molecule has 2 N–H and O–H groups in total. The molecule has 2 unspecified atom stereocenters. The topological polar surface area (TPSA) is 35.2 Å². The smallest absolute Gasteiger partial charge is 0.128 e. The predicted octanol–water partition coefficient (Wildman–Crippen LogP) is 3.90. The van der Waals surface area contributed by atoms with Crippen LogP contribution in [-0.2, 0) is 11.2 Å². The summed E-state index contributed by atoms with van der Waals surface area (Å²) in [5.41, 5.74) is 9.03. The molecule has 0 bridgehead atoms. The minimum Gasteiger partial charge on any atom is -0.371 e. The van der Waals surface area contributed by atoms with Gasteiger partial charge in [-0.05, 0) is 35.7 Å². The van der Waals surface area contributed by atoms with Crippen LogP contribution >= 0.6 is 15.9 Å². The Morgan fingerprint density at radius 2 is 2.05 bits per heavy atom. The maximum Gasteiger partial charge on any atom is 0.128 e. The Bertz CT molecular complexity index is 632. The SMILES string of the molecule is NC(c1cc(Br)ccc1F)C1OCCc2ccccc21. The van der Waals surface area contributed by atoms with E-state index in [1.54, 1.807) is 12.1 Å². The van der Waals surface area contributed by atoms with E-state index in [1.807, 2.05) is 18.2 Å². The molecule has 0 saturated heterocycles. The Morgan fingerprint density at radius 1 is 1.25 bits per heavy atom. The molecule has 2 aromatic rings. The third kappa shape index (κ3) is 2.51. The summed E-state index contributed by atoms with van der Waals surface area (Å²) in [5.74, 6) is -0.299. The molecule has 3 rings (SSSR count). The third-order valence-corrected chi connectivity index (χ3v) is 4.17. The zero-order valence-electron chi connectivity index (χ0n) is 10.9. The first kappa shape index (κ1) is 13.7. The fraction of sp³-hybridized carbons (Fsp3) is 0.250. The zero-order chi connectivity index (χ0) is 14.1. The van der Waals surface area contributed by atoms with Crippen molar-refractivity contribution in [3.63, 3.8) is 0 Å². The molecule has 1 aliphatic heterocycles. The summed E-state index contributed by atoms with van der Waals surface area (Å²) in [6.07, 6.45) is 0.573. The molecule has 0 radical (unpaired) electrons. The number of rotatable bonds is 2. The van der Waals surface area contributed by atoms with Crippen molar-refractivity contribution in [3.05, 3.63) is 69.4 Å². The van der Waals surface area contributed by atoms with Gasteiger partial charge in [-0.3, -0.25) is 0 Å². The molecule has 0 spiro atoms. The maximum atomic E-state index is 14.0. The lowest BCUT2D eigenvalue weighted by Crippen LogP contribution is -2.27. The summed E-state index contributed by atoms with van der Waals surface area (Å²) in [7, 11) is 0. The fourth-order valence-corrected chi connectivity index (χ4v) is 3.03. The summed E-state index contributed by atoms with van der Waals surface area (Å²) >= 11 is 3.36. The average molecular weight is 336 g/mol. The predicted molar refractivity (Wildman–Crippen MR) is 79.9 cm³/mol. The molecule has 0 aromatic heterocycles. The molecule has 0 amide bonds. The van der Waals surface area contributed by atoms with Crippen molar-refractivity contribution < 1.29 is 9.13 Å². The van der Waals surface area contributed by atoms with Gasteiger partial charge in [0.25, 0.3) is 0 Å². The first-order valence-electron chi connectivity index (χ1n) is 6.57. The van der Waals surface area contributed by atoms with Crippen LogP contribution < -0.4 is 5.73 Å². The lowest BCUT2D eigenvalue weighted by atomic mass is 9.90. The summed E-state index contributed by atoms with van der Waals surface area (Å²) in [4.78, 5) is 0. The number of fused-ring (bicyclic) bond motifs is 1. The van der Waals surface area contributed by atoms with Gasteiger partial charge in [0.1, 0.15) is 11.9 Å². The van der Waals surface area contributed by atoms with Gasteiger partial charge < -0.3 is 10.5 Å². The quantitative estimate of drug-likeness (QED) is 0.903. The molecule has 1 aliphatic rings. The average Bonchev–Trinajstić information content (AvgIpc) is 2.48. The molecule has 2 nitrogen and oxygen atoms in total. The van der Waals surface area contributed by atoms with Crippen LogP contribution in [0.5, 0.6) is 0 Å². The summed E-state index contributed by atoms with van der Waals surface area (Å²) in [6.45, 7) is 0.616. The van der Waals surface area contributed by atoms with Crippen molar-refractivity contribution in [1.82, 2.24) is 0 Å². The van der Waals surface area contributed by atoms with Gasteiger partial charge >= 0.3 is 0 Å². The van der Waals surface area contributed by atoms with E-state index in [1.165, 1.54) is 11.6 Å². The van der Waals surface area contributed by atoms with Crippen LogP contribution in [0.25, 0.3) is 0 Å². The molecule has 0 fully saturated rings. The summed E-state index contributed by atoms with van der Waals surface area (Å²) < 4.78 is 20.6. The van der Waals surface area contributed by atoms with Gasteiger partial charge in [-0.2, -0.15) is 0 Å². The van der Waals surface area contributed by atoms with E-state index in [0.717, 1.165) is 16.5 Å². The standard InChI is InChI=1S/C16H15BrFNO/c17-11-5-6-14(18)13(9-11)15(19)16-12-4-2-1-3-10(12)7-8-20-16/h1-6,9,15-16H,7-8,19H2. The van der Waals surface area contributed by atoms with Crippen LogP contribution in [0.4, 0.5) is 4.39 Å². The first-order valence-corrected chi connectivity index (χ1v) is 7.36. The van der Waals surface area contributed by atoms with Crippen LogP contribution in [-0.4, -0.2) is 6.61 Å². The van der Waals surface area contributed by atoms with Gasteiger partial charge in [-0.1, -0.05) is 40.2 Å². The Balaban J connectivity index is 1.99. The fourth-order valence-electron chi connectivity index (χ4n) is 2.66. The first-order chi connectivity index (χ1) is 9.66. The molecule has 1 heterocycles. The van der Waals surface area contributed by atoms with Crippen molar-refractivity contribution in [2.45, 2.75) is 18.6 Å². The van der Waals surface area contributed by atoms with Crippen LogP contribution in [0.2, 0.25) is 0 Å². The highest BCUT2D eigenvalue weighted by molar-refractivity contribution is 9.10. The van der Waals surface area contributed by atoms with Crippen molar-refractivity contribution in [3.8, 4) is 0 Å². The highest BCUT2D eigenvalue weighted by atomic mass is 79.9. The van der Waals surface area contributed by atoms with Crippen LogP contribution in [0.15, 0.2) is 46.9 Å². The van der Waals surface area contributed by atoms with Crippen LogP contribution in [0.3, 0.4) is 0 Å². The Kier molecular flexibility index (Phi) is 3.87. The lowest BCUT2D eigenvalue weighted by Gasteiger charge is -2.31. The molecule has 0 aliphatic carbocycles. The van der Waals surface area contributed by atoms with Crippen molar-refractivity contribution in [2.75, 3.05) is 6.61 Å². The number of benzene rings is 2. The second kappa shape index (κ2) is 5.64. The minimum atomic E-state index is -0.519. The van der Waals surface area contributed by atoms with Gasteiger partial charge in [-0.25, -0.2) is 4.39 Å². The van der Waals surface area contributed by atoms with E-state index in [9.17, 15) is 4.39 Å². The van der Waals surface area contributed by atoms with E-state index in [0.29, 0.717) is 12.2 Å². The normalized spacial score (nSPS) is 19.4. The number of hydrogen-bond acceptors (Lipinski definition) is 2. The summed E-state index contributed by atoms with van der Waals surface area (Å²) in [5, 5.41) is 0. The zero-order valence-corrected chi connectivity index (χ0v) is 12.4. The monoisotopic (exact) mass is 335 g/mol. The van der Waals surface area contributed by atoms with Gasteiger partial charge in [0.2, 0.25) is 0 Å². The summed E-state index contributed by atoms with van der Waals surface area (Å²) in [6, 6.07) is 12.4. The van der Waals surface area contributed by atoms with Gasteiger partial charge in [0.05, 0.1) is 12.6 Å². The second-order valence-corrected chi connectivity index (χ2v) is 5.85. The molecule has 2 atom stereocenters. The van der Waals surface area contributed by atoms with E-state index < -0.39 is 6.04 Å². The molecular weight excluding hydrogens is 321 g/mol. The van der Waals surface area contributed by atoms with E-state index in [4.69, 9.17) is 10.5 Å². The van der Waals surface area contributed by atoms with E-state index in [2.05, 4.69) is 22.0 Å². The molecule has 2 aromatic carbocycles. The second-order valence-electron chi connectivity index (χ2n) is 4.93. The number of nitrogens with two attached hydrogens (primary N) is 1. The maximum absolute atomic E-state index is 14.0. The third-order valence-electron chi connectivity index (χ3n) is 3.67. The Hall–Kier alpha value is -1.23. The molecule has 104 valence electrons. The molecular formula is C16H15BrFNO.